The lowest BCUT2D eigenvalue weighted by molar-refractivity contribution is -0.142. The average Bonchev–Trinajstić information content (AvgIpc) is 2.82. The molecule has 0 aliphatic heterocycles. The zero-order valence-electron chi connectivity index (χ0n) is 21.1. The number of rotatable bonds is 6. The molecule has 0 spiro atoms. The predicted molar refractivity (Wildman–Crippen MR) is 144 cm³/mol. The molecule has 35 heavy (non-hydrogen) atoms. The Morgan fingerprint density at radius 2 is 1.54 bits per heavy atom. The van der Waals surface area contributed by atoms with Crippen LogP contribution in [0.15, 0.2) is 75.4 Å². The molecule has 7 rings (SSSR count). The van der Waals surface area contributed by atoms with Crippen LogP contribution in [0.25, 0.3) is 0 Å². The van der Waals surface area contributed by atoms with Crippen LogP contribution in [-0.4, -0.2) is 5.97 Å². The van der Waals surface area contributed by atoms with E-state index in [2.05, 4.69) is 74.5 Å². The van der Waals surface area contributed by atoms with E-state index in [1.807, 2.05) is 0 Å². The second-order valence-corrected chi connectivity index (χ2v) is 13.7. The van der Waals surface area contributed by atoms with Gasteiger partial charge in [0, 0.05) is 12.1 Å². The van der Waals surface area contributed by atoms with Gasteiger partial charge in [0.25, 0.3) is 0 Å². The van der Waals surface area contributed by atoms with Crippen molar-refractivity contribution in [2.24, 2.45) is 23.2 Å². The number of aryl methyl sites for hydroxylation is 2. The van der Waals surface area contributed by atoms with Gasteiger partial charge in [-0.05, 0) is 124 Å². The number of benzene rings is 2. The van der Waals surface area contributed by atoms with Gasteiger partial charge in [0.1, 0.15) is 5.75 Å². The molecule has 2 aromatic rings. The van der Waals surface area contributed by atoms with Gasteiger partial charge in [0.05, 0.1) is 17.3 Å². The first-order chi connectivity index (χ1) is 17.0. The molecule has 0 amide bonds. The molecule has 2 aromatic carbocycles. The van der Waals surface area contributed by atoms with Crippen LogP contribution in [0.3, 0.4) is 0 Å². The predicted octanol–water partition coefficient (Wildman–Crippen LogP) is 8.09. The Bertz CT molecular complexity index is 1120. The van der Waals surface area contributed by atoms with Crippen LogP contribution >= 0.6 is 0 Å². The molecule has 0 radical (unpaired) electrons. The van der Waals surface area contributed by atoms with Crippen LogP contribution in [0, 0.1) is 37.0 Å². The van der Waals surface area contributed by atoms with E-state index in [9.17, 15) is 4.79 Å². The normalized spacial score (nSPS) is 29.7. The summed E-state index contributed by atoms with van der Waals surface area (Å²) in [5.74, 6) is 3.32. The Kier molecular flexibility index (Phi) is 6.16. The van der Waals surface area contributed by atoms with E-state index < -0.39 is 0 Å². The summed E-state index contributed by atoms with van der Waals surface area (Å²) in [5, 5.41) is 0. The molecule has 0 heterocycles. The van der Waals surface area contributed by atoms with Crippen LogP contribution in [-0.2, 0) is 15.7 Å². The van der Waals surface area contributed by atoms with E-state index >= 15 is 0 Å². The van der Waals surface area contributed by atoms with E-state index in [0.29, 0.717) is 6.42 Å². The van der Waals surface area contributed by atoms with Crippen LogP contribution < -0.4 is 4.74 Å². The fraction of sp³-hybridized carbons (Fsp3) is 0.469. The van der Waals surface area contributed by atoms with Crippen molar-refractivity contribution >= 4 is 16.9 Å². The van der Waals surface area contributed by atoms with Gasteiger partial charge in [-0.2, -0.15) is 0 Å². The zero-order chi connectivity index (χ0) is 24.0. The molecule has 5 aliphatic rings. The molecule has 0 N–H and O–H groups in total. The third kappa shape index (κ3) is 4.65. The highest BCUT2D eigenvalue weighted by molar-refractivity contribution is 8.00. The number of hydrogen-bond donors (Lipinski definition) is 0. The van der Waals surface area contributed by atoms with Crippen LogP contribution in [0.5, 0.6) is 5.75 Å². The molecule has 1 atom stereocenters. The van der Waals surface area contributed by atoms with E-state index in [4.69, 9.17) is 4.74 Å². The van der Waals surface area contributed by atoms with E-state index in [-0.39, 0.29) is 22.3 Å². The highest BCUT2D eigenvalue weighted by Gasteiger charge is 2.51. The van der Waals surface area contributed by atoms with Crippen molar-refractivity contribution in [2.75, 3.05) is 0 Å². The van der Waals surface area contributed by atoms with Gasteiger partial charge in [-0.25, -0.2) is 0 Å². The Morgan fingerprint density at radius 1 is 0.914 bits per heavy atom. The first-order valence-corrected chi connectivity index (χ1v) is 14.7. The van der Waals surface area contributed by atoms with Crippen molar-refractivity contribution in [3.8, 4) is 5.75 Å². The second kappa shape index (κ2) is 9.32. The number of carbonyl (C=O) groups excluding carboxylic acids is 1. The number of carbonyl (C=O) groups is 1. The second-order valence-electron chi connectivity index (χ2n) is 11.7. The van der Waals surface area contributed by atoms with Crippen molar-refractivity contribution < 1.29 is 9.53 Å². The van der Waals surface area contributed by atoms with E-state index in [0.717, 1.165) is 47.5 Å². The maximum absolute atomic E-state index is 13.3. The number of ether oxygens (including phenoxy) is 1. The molecule has 4 fully saturated rings. The number of esters is 1. The molecule has 5 aliphatic carbocycles. The third-order valence-corrected chi connectivity index (χ3v) is 11.0. The van der Waals surface area contributed by atoms with Gasteiger partial charge in [0.15, 0.2) is 14.7 Å². The summed E-state index contributed by atoms with van der Waals surface area (Å²) in [7, 11) is -0.155. The van der Waals surface area contributed by atoms with E-state index in [1.165, 1.54) is 53.2 Å². The molecule has 4 saturated carbocycles. The van der Waals surface area contributed by atoms with Crippen molar-refractivity contribution in [1.29, 1.82) is 0 Å². The summed E-state index contributed by atoms with van der Waals surface area (Å²) in [6.45, 7) is 4.20. The van der Waals surface area contributed by atoms with Gasteiger partial charge in [-0.15, -0.1) is 0 Å². The Labute approximate surface area is 213 Å². The standard InChI is InChI=1S/C32H37O2S/c1-22-13-29(35(27-9-5-3-6-10-27)28-11-7-4-8-12-28)14-23(2)31(22)34-30(33)21-32-18-24-15-25(19-32)17-26(16-24)20-32/h3,5-7,9-14,24-26H,4,8,15-21H2,1-2H3/q+1. The molecule has 0 saturated heterocycles. The van der Waals surface area contributed by atoms with Gasteiger partial charge >= 0.3 is 5.97 Å². The molecule has 3 heteroatoms. The molecule has 1 unspecified atom stereocenters. The highest BCUT2D eigenvalue weighted by Crippen LogP contribution is 2.61. The molecular weight excluding hydrogens is 448 g/mol. The molecule has 2 nitrogen and oxygen atoms in total. The number of allylic oxidation sites excluding steroid dienone is 3. The summed E-state index contributed by atoms with van der Waals surface area (Å²) < 4.78 is 6.14. The molecule has 0 aromatic heterocycles. The lowest BCUT2D eigenvalue weighted by Crippen LogP contribution is -2.47. The quantitative estimate of drug-likeness (QED) is 0.235. The highest BCUT2D eigenvalue weighted by atomic mass is 32.2. The van der Waals surface area contributed by atoms with E-state index in [1.54, 1.807) is 0 Å². The summed E-state index contributed by atoms with van der Waals surface area (Å²) >= 11 is 0. The fourth-order valence-electron chi connectivity index (χ4n) is 7.86. The lowest BCUT2D eigenvalue weighted by Gasteiger charge is -2.56. The first kappa shape index (κ1) is 23.2. The third-order valence-electron chi connectivity index (χ3n) is 8.75. The minimum atomic E-state index is -0.155. The van der Waals surface area contributed by atoms with Crippen molar-refractivity contribution in [1.82, 2.24) is 0 Å². The molecule has 182 valence electrons. The monoisotopic (exact) mass is 485 g/mol. The van der Waals surface area contributed by atoms with Crippen molar-refractivity contribution in [2.45, 2.75) is 81.4 Å². The Hall–Kier alpha value is -2.26. The molecular formula is C32H37O2S+. The summed E-state index contributed by atoms with van der Waals surface area (Å²) in [6.07, 6.45) is 17.7. The van der Waals surface area contributed by atoms with Gasteiger partial charge in [-0.3, -0.25) is 4.79 Å². The largest absolute Gasteiger partial charge is 0.426 e. The molecule has 4 bridgehead atoms. The average molecular weight is 486 g/mol. The minimum Gasteiger partial charge on any atom is -0.426 e. The van der Waals surface area contributed by atoms with Crippen LogP contribution in [0.4, 0.5) is 0 Å². The van der Waals surface area contributed by atoms with Gasteiger partial charge in [0.2, 0.25) is 0 Å². The van der Waals surface area contributed by atoms with Gasteiger partial charge in [-0.1, -0.05) is 24.3 Å². The van der Waals surface area contributed by atoms with Crippen LogP contribution in [0.1, 0.15) is 68.9 Å². The first-order valence-electron chi connectivity index (χ1n) is 13.5. The summed E-state index contributed by atoms with van der Waals surface area (Å²) in [6, 6.07) is 15.3. The zero-order valence-corrected chi connectivity index (χ0v) is 21.9. The summed E-state index contributed by atoms with van der Waals surface area (Å²) in [4.78, 5) is 17.3. The van der Waals surface area contributed by atoms with Gasteiger partial charge < -0.3 is 4.74 Å². The summed E-state index contributed by atoms with van der Waals surface area (Å²) in [5.41, 5.74) is 2.34. The maximum Gasteiger partial charge on any atom is 0.311 e. The topological polar surface area (TPSA) is 26.3 Å². The SMILES string of the molecule is Cc1cc([S+](C2=CCCC=C2)c2ccccc2)cc(C)c1OC(=O)CC12CC3CC(CC(C3)C1)C2. The smallest absolute Gasteiger partial charge is 0.311 e. The fourth-order valence-corrected chi connectivity index (χ4v) is 10.2. The Balaban J connectivity index is 1.24. The van der Waals surface area contributed by atoms with Crippen molar-refractivity contribution in [3.05, 3.63) is 76.7 Å². The Morgan fingerprint density at radius 3 is 2.11 bits per heavy atom. The minimum absolute atomic E-state index is 0.0223. The lowest BCUT2D eigenvalue weighted by atomic mass is 9.49. The van der Waals surface area contributed by atoms with Crippen LogP contribution in [0.2, 0.25) is 0 Å². The number of hydrogen-bond acceptors (Lipinski definition) is 2. The van der Waals surface area contributed by atoms with Crippen molar-refractivity contribution in [3.63, 3.8) is 0 Å². The maximum atomic E-state index is 13.3.